The van der Waals surface area contributed by atoms with E-state index in [1.165, 1.54) is 59.3 Å². The first-order valence-corrected chi connectivity index (χ1v) is 9.85. The van der Waals surface area contributed by atoms with Crippen molar-refractivity contribution in [1.82, 2.24) is 4.90 Å². The van der Waals surface area contributed by atoms with Gasteiger partial charge in [0.1, 0.15) is 6.26 Å². The fraction of sp³-hybridized carbons (Fsp3) is 0.364. The highest BCUT2D eigenvalue weighted by atomic mass is 79.9. The zero-order valence-electron chi connectivity index (χ0n) is 14.9. The van der Waals surface area contributed by atoms with E-state index in [2.05, 4.69) is 65.0 Å². The Balaban J connectivity index is 1.54. The first-order chi connectivity index (χ1) is 12.1. The molecule has 3 aliphatic rings. The smallest absolute Gasteiger partial charge is 0.105 e. The average Bonchev–Trinajstić information content (AvgIpc) is 2.89. The van der Waals surface area contributed by atoms with Crippen LogP contribution in [-0.2, 0) is 6.54 Å². The molecular formula is C22H24BrNO. The van der Waals surface area contributed by atoms with Gasteiger partial charge in [0.2, 0.25) is 0 Å². The van der Waals surface area contributed by atoms with E-state index in [0.29, 0.717) is 5.92 Å². The largest absolute Gasteiger partial charge is 0.471 e. The minimum Gasteiger partial charge on any atom is -0.471 e. The number of hydrogen-bond acceptors (Lipinski definition) is 2. The summed E-state index contributed by atoms with van der Waals surface area (Å²) >= 11 is 3.71. The Kier molecular flexibility index (Phi) is 4.70. The third-order valence-corrected chi connectivity index (χ3v) is 6.33. The van der Waals surface area contributed by atoms with Gasteiger partial charge in [-0.15, -0.1) is 0 Å². The Bertz CT molecular complexity index is 831. The fourth-order valence-electron chi connectivity index (χ4n) is 4.28. The summed E-state index contributed by atoms with van der Waals surface area (Å²) in [4.78, 5) is 2.59. The van der Waals surface area contributed by atoms with E-state index in [1.54, 1.807) is 0 Å². The lowest BCUT2D eigenvalue weighted by atomic mass is 9.86. The van der Waals surface area contributed by atoms with Crippen molar-refractivity contribution in [1.29, 1.82) is 0 Å². The van der Waals surface area contributed by atoms with Crippen molar-refractivity contribution >= 4 is 15.9 Å². The minimum atomic E-state index is 0.641. The van der Waals surface area contributed by atoms with Gasteiger partial charge in [0.15, 0.2) is 0 Å². The summed E-state index contributed by atoms with van der Waals surface area (Å²) in [5.41, 5.74) is 8.38. The predicted molar refractivity (Wildman–Crippen MR) is 106 cm³/mol. The van der Waals surface area contributed by atoms with Crippen LogP contribution in [0.4, 0.5) is 0 Å². The van der Waals surface area contributed by atoms with Crippen molar-refractivity contribution in [2.24, 2.45) is 0 Å². The molecule has 0 spiro atoms. The summed E-state index contributed by atoms with van der Waals surface area (Å²) in [7, 11) is 0. The van der Waals surface area contributed by atoms with E-state index in [-0.39, 0.29) is 0 Å². The zero-order chi connectivity index (χ0) is 17.4. The van der Waals surface area contributed by atoms with Gasteiger partial charge in [-0.3, -0.25) is 4.90 Å². The first-order valence-electron chi connectivity index (χ1n) is 9.06. The molecule has 0 aromatic heterocycles. The van der Waals surface area contributed by atoms with Crippen LogP contribution < -0.4 is 0 Å². The Hall–Kier alpha value is -1.58. The van der Waals surface area contributed by atoms with Crippen LogP contribution in [0.5, 0.6) is 0 Å². The van der Waals surface area contributed by atoms with E-state index in [0.717, 1.165) is 11.0 Å². The molecule has 3 heteroatoms. The highest BCUT2D eigenvalue weighted by Gasteiger charge is 2.29. The van der Waals surface area contributed by atoms with Gasteiger partial charge in [0.25, 0.3) is 0 Å². The van der Waals surface area contributed by atoms with Gasteiger partial charge >= 0.3 is 0 Å². The van der Waals surface area contributed by atoms with Crippen LogP contribution in [0.15, 0.2) is 51.7 Å². The van der Waals surface area contributed by atoms with E-state index in [1.807, 2.05) is 12.5 Å². The molecule has 1 aromatic rings. The van der Waals surface area contributed by atoms with Crippen LogP contribution in [-0.4, -0.2) is 18.0 Å². The fourth-order valence-corrected chi connectivity index (χ4v) is 4.82. The van der Waals surface area contributed by atoms with Gasteiger partial charge in [-0.1, -0.05) is 30.3 Å². The molecule has 0 bridgehead atoms. The molecule has 2 aliphatic heterocycles. The van der Waals surface area contributed by atoms with Gasteiger partial charge < -0.3 is 4.42 Å². The van der Waals surface area contributed by atoms with Crippen LogP contribution >= 0.6 is 15.9 Å². The highest BCUT2D eigenvalue weighted by molar-refractivity contribution is 9.10. The number of fused-ring (bicyclic) bond motifs is 1. The second-order valence-electron chi connectivity index (χ2n) is 7.21. The van der Waals surface area contributed by atoms with Gasteiger partial charge in [-0.2, -0.15) is 0 Å². The molecule has 0 amide bonds. The molecule has 0 N–H and O–H groups in total. The third-order valence-electron chi connectivity index (χ3n) is 5.75. The van der Waals surface area contributed by atoms with E-state index in [9.17, 15) is 0 Å². The maximum absolute atomic E-state index is 5.49. The summed E-state index contributed by atoms with van der Waals surface area (Å²) < 4.78 is 6.57. The van der Waals surface area contributed by atoms with Gasteiger partial charge in [-0.25, -0.2) is 0 Å². The van der Waals surface area contributed by atoms with Crippen LogP contribution in [0, 0.1) is 13.8 Å². The Morgan fingerprint density at radius 1 is 1.04 bits per heavy atom. The monoisotopic (exact) mass is 397 g/mol. The second-order valence-corrected chi connectivity index (χ2v) is 8.06. The van der Waals surface area contributed by atoms with Crippen molar-refractivity contribution in [2.75, 3.05) is 13.1 Å². The summed E-state index contributed by atoms with van der Waals surface area (Å²) in [5, 5.41) is 0. The summed E-state index contributed by atoms with van der Waals surface area (Å²) in [6.45, 7) is 7.89. The van der Waals surface area contributed by atoms with Crippen molar-refractivity contribution in [2.45, 2.75) is 39.2 Å². The molecule has 0 radical (unpaired) electrons. The molecule has 25 heavy (non-hydrogen) atoms. The van der Waals surface area contributed by atoms with Crippen molar-refractivity contribution in [3.05, 3.63) is 69.6 Å². The maximum atomic E-state index is 5.49. The Morgan fingerprint density at radius 2 is 1.76 bits per heavy atom. The number of likely N-dealkylation sites (tertiary alicyclic amines) is 1. The SMILES string of the molecule is Cc1c2cocc(Br)c-2c(C2CCN(Cc3ccccc3)CC2)c1C. The maximum Gasteiger partial charge on any atom is 0.105 e. The lowest BCUT2D eigenvalue weighted by molar-refractivity contribution is 0.204. The van der Waals surface area contributed by atoms with E-state index < -0.39 is 0 Å². The molecule has 1 aromatic carbocycles. The molecule has 2 nitrogen and oxygen atoms in total. The van der Waals surface area contributed by atoms with Crippen LogP contribution in [0.2, 0.25) is 0 Å². The molecule has 1 aliphatic carbocycles. The molecule has 0 unspecified atom stereocenters. The number of piperidine rings is 1. The van der Waals surface area contributed by atoms with E-state index >= 15 is 0 Å². The molecule has 4 rings (SSSR count). The van der Waals surface area contributed by atoms with Gasteiger partial charge in [0, 0.05) is 17.7 Å². The summed E-state index contributed by atoms with van der Waals surface area (Å²) in [6.07, 6.45) is 6.17. The normalized spacial score (nSPS) is 16.6. The molecular weight excluding hydrogens is 374 g/mol. The number of halogens is 1. The number of hydrogen-bond donors (Lipinski definition) is 0. The van der Waals surface area contributed by atoms with Crippen LogP contribution in [0.1, 0.15) is 41.0 Å². The molecule has 130 valence electrons. The standard InChI is InChI=1S/C22H24BrNO/c1-15-16(2)21(22-19(15)13-25-14-20(22)23)18-8-10-24(11-9-18)12-17-6-4-3-5-7-17/h3-7,13-14,18H,8-12H2,1-2H3. The predicted octanol–water partition coefficient (Wildman–Crippen LogP) is 6.14. The zero-order valence-corrected chi connectivity index (χ0v) is 16.5. The Labute approximate surface area is 158 Å². The first kappa shape index (κ1) is 16.9. The van der Waals surface area contributed by atoms with Crippen molar-refractivity contribution in [3.8, 4) is 11.1 Å². The van der Waals surface area contributed by atoms with Crippen LogP contribution in [0.25, 0.3) is 11.1 Å². The Morgan fingerprint density at radius 3 is 2.48 bits per heavy atom. The molecule has 2 heterocycles. The molecule has 1 saturated heterocycles. The molecule has 0 atom stereocenters. The molecule has 1 fully saturated rings. The third kappa shape index (κ3) is 3.16. The molecule has 0 saturated carbocycles. The minimum absolute atomic E-state index is 0.641. The number of nitrogens with zero attached hydrogens (tertiary/aromatic N) is 1. The van der Waals surface area contributed by atoms with Gasteiger partial charge in [-0.05, 0) is 83.9 Å². The summed E-state index contributed by atoms with van der Waals surface area (Å²) in [6, 6.07) is 10.8. The lowest BCUT2D eigenvalue weighted by Gasteiger charge is -2.33. The quantitative estimate of drug-likeness (QED) is 0.527. The average molecular weight is 398 g/mol. The van der Waals surface area contributed by atoms with E-state index in [4.69, 9.17) is 4.42 Å². The number of benzene rings is 1. The lowest BCUT2D eigenvalue weighted by Crippen LogP contribution is -2.32. The summed E-state index contributed by atoms with van der Waals surface area (Å²) in [5.74, 6) is 0.641. The highest BCUT2D eigenvalue weighted by Crippen LogP contribution is 2.46. The second kappa shape index (κ2) is 6.97. The number of rotatable bonds is 3. The van der Waals surface area contributed by atoms with Crippen LogP contribution in [0.3, 0.4) is 0 Å². The van der Waals surface area contributed by atoms with Crippen molar-refractivity contribution in [3.63, 3.8) is 0 Å². The topological polar surface area (TPSA) is 16.4 Å². The van der Waals surface area contributed by atoms with Gasteiger partial charge in [0.05, 0.1) is 10.7 Å². The van der Waals surface area contributed by atoms with Crippen molar-refractivity contribution < 1.29 is 4.42 Å².